The van der Waals surface area contributed by atoms with E-state index in [2.05, 4.69) is 19.9 Å². The topological polar surface area (TPSA) is 46.5 Å². The number of phenols is 1. The van der Waals surface area contributed by atoms with Gasteiger partial charge in [0.25, 0.3) is 0 Å². The number of phenolic OH excluding ortho intramolecular Hbond substituents is 1. The van der Waals surface area contributed by atoms with Crippen LogP contribution in [0.2, 0.25) is 0 Å². The Bertz CT molecular complexity index is 1110. The van der Waals surface area contributed by atoms with E-state index in [-0.39, 0.29) is 11.4 Å². The van der Waals surface area contributed by atoms with Crippen LogP contribution in [0.15, 0.2) is 36.4 Å². The molecule has 0 unspecified atom stereocenters. The first-order chi connectivity index (χ1) is 11.9. The van der Waals surface area contributed by atoms with Crippen LogP contribution in [-0.4, -0.2) is 11.1 Å². The van der Waals surface area contributed by atoms with Gasteiger partial charge in [-0.15, -0.1) is 0 Å². The minimum atomic E-state index is -0.238. The normalized spacial score (nSPS) is 16.5. The number of aryl methyl sites for hydroxylation is 1. The Morgan fingerprint density at radius 2 is 1.68 bits per heavy atom. The molecule has 0 saturated heterocycles. The van der Waals surface area contributed by atoms with Crippen molar-refractivity contribution in [3.8, 4) is 16.9 Å². The van der Waals surface area contributed by atoms with Crippen molar-refractivity contribution in [1.82, 2.24) is 0 Å². The number of ether oxygens (including phenoxy) is 1. The van der Waals surface area contributed by atoms with Crippen LogP contribution in [0.25, 0.3) is 21.9 Å². The summed E-state index contributed by atoms with van der Waals surface area (Å²) in [6, 6.07) is 11.9. The highest BCUT2D eigenvalue weighted by Crippen LogP contribution is 2.55. The molecule has 0 fully saturated rings. The fourth-order valence-electron chi connectivity index (χ4n) is 4.57. The Hall–Kier alpha value is -2.81. The summed E-state index contributed by atoms with van der Waals surface area (Å²) in [6.07, 6.45) is 0. The third-order valence-electron chi connectivity index (χ3n) is 5.80. The van der Waals surface area contributed by atoms with E-state index in [1.54, 1.807) is 0 Å². The second-order valence-electron chi connectivity index (χ2n) is 7.53. The predicted octanol–water partition coefficient (Wildman–Crippen LogP) is 4.83. The van der Waals surface area contributed by atoms with Gasteiger partial charge in [-0.05, 0) is 46.2 Å². The molecule has 124 valence electrons. The highest BCUT2D eigenvalue weighted by molar-refractivity contribution is 6.08. The van der Waals surface area contributed by atoms with Crippen molar-refractivity contribution in [3.05, 3.63) is 64.2 Å². The second kappa shape index (κ2) is 4.42. The first kappa shape index (κ1) is 14.5. The molecule has 3 aromatic rings. The Balaban J connectivity index is 2.02. The van der Waals surface area contributed by atoms with E-state index in [0.29, 0.717) is 17.9 Å². The van der Waals surface area contributed by atoms with Gasteiger partial charge in [0.1, 0.15) is 12.4 Å². The molecular weight excluding hydrogens is 312 g/mol. The molecule has 1 N–H and O–H groups in total. The van der Waals surface area contributed by atoms with Gasteiger partial charge in [-0.25, -0.2) is 4.79 Å². The van der Waals surface area contributed by atoms with Gasteiger partial charge in [0.05, 0.1) is 5.56 Å². The van der Waals surface area contributed by atoms with Gasteiger partial charge in [-0.2, -0.15) is 0 Å². The molecule has 0 atom stereocenters. The highest BCUT2D eigenvalue weighted by Gasteiger charge is 2.42. The average Bonchev–Trinajstić information content (AvgIpc) is 3.06. The van der Waals surface area contributed by atoms with Crippen molar-refractivity contribution in [2.75, 3.05) is 0 Å². The number of aromatic hydroxyl groups is 1. The van der Waals surface area contributed by atoms with E-state index in [0.717, 1.165) is 38.6 Å². The quantitative estimate of drug-likeness (QED) is 0.601. The number of benzene rings is 3. The third-order valence-corrected chi connectivity index (χ3v) is 5.80. The lowest BCUT2D eigenvalue weighted by Crippen LogP contribution is -2.15. The molecule has 3 nitrogen and oxygen atoms in total. The van der Waals surface area contributed by atoms with Gasteiger partial charge >= 0.3 is 5.97 Å². The predicted molar refractivity (Wildman–Crippen MR) is 97.0 cm³/mol. The standard InChI is InChI=1S/C22H18O3/c1-11-8-15-20(14-10-25-21(24)18(11)14)19-13-7-5-4-6-12(13)17(23)9-16(19)22(15,2)3/h4-9,23H,10H2,1-3H3. The number of carbonyl (C=O) groups excluding carboxylic acids is 1. The van der Waals surface area contributed by atoms with E-state index in [1.807, 2.05) is 37.3 Å². The van der Waals surface area contributed by atoms with Crippen LogP contribution in [0, 0.1) is 6.92 Å². The van der Waals surface area contributed by atoms with Gasteiger partial charge < -0.3 is 9.84 Å². The first-order valence-corrected chi connectivity index (χ1v) is 8.51. The first-order valence-electron chi connectivity index (χ1n) is 8.51. The zero-order valence-corrected chi connectivity index (χ0v) is 14.4. The molecule has 25 heavy (non-hydrogen) atoms. The molecule has 0 bridgehead atoms. The van der Waals surface area contributed by atoms with Crippen LogP contribution in [0.1, 0.15) is 46.5 Å². The fourth-order valence-corrected chi connectivity index (χ4v) is 4.57. The summed E-state index contributed by atoms with van der Waals surface area (Å²) >= 11 is 0. The SMILES string of the molecule is Cc1cc2c(c3c1C(=O)OC3)-c1c(cc(O)c3ccccc13)C2(C)C. The zero-order valence-electron chi connectivity index (χ0n) is 14.4. The molecule has 2 aliphatic rings. The smallest absolute Gasteiger partial charge is 0.339 e. The van der Waals surface area contributed by atoms with E-state index < -0.39 is 0 Å². The lowest BCUT2D eigenvalue weighted by Gasteiger charge is -2.22. The summed E-state index contributed by atoms with van der Waals surface area (Å²) in [4.78, 5) is 12.2. The van der Waals surface area contributed by atoms with E-state index in [9.17, 15) is 9.90 Å². The van der Waals surface area contributed by atoms with E-state index >= 15 is 0 Å². The molecule has 0 aromatic heterocycles. The summed E-state index contributed by atoms with van der Waals surface area (Å²) in [5.41, 5.74) is 6.97. The Morgan fingerprint density at radius 3 is 2.44 bits per heavy atom. The van der Waals surface area contributed by atoms with Crippen molar-refractivity contribution in [2.45, 2.75) is 32.8 Å². The molecule has 1 heterocycles. The maximum absolute atomic E-state index is 12.2. The van der Waals surface area contributed by atoms with Crippen molar-refractivity contribution in [2.24, 2.45) is 0 Å². The Labute approximate surface area is 145 Å². The maximum Gasteiger partial charge on any atom is 0.339 e. The third kappa shape index (κ3) is 1.63. The molecule has 0 saturated carbocycles. The number of esters is 1. The number of fused-ring (bicyclic) bond motifs is 7. The molecule has 3 heteroatoms. The van der Waals surface area contributed by atoms with E-state index in [1.165, 1.54) is 5.56 Å². The summed E-state index contributed by atoms with van der Waals surface area (Å²) < 4.78 is 5.36. The number of hydrogen-bond donors (Lipinski definition) is 1. The number of cyclic esters (lactones) is 1. The fraction of sp³-hybridized carbons (Fsp3) is 0.227. The van der Waals surface area contributed by atoms with Gasteiger partial charge in [-0.1, -0.05) is 44.2 Å². The monoisotopic (exact) mass is 330 g/mol. The molecule has 5 rings (SSSR count). The average molecular weight is 330 g/mol. The molecular formula is C22H18O3. The lowest BCUT2D eigenvalue weighted by atomic mass is 9.80. The molecule has 0 radical (unpaired) electrons. The van der Waals surface area contributed by atoms with Crippen LogP contribution in [0.5, 0.6) is 5.75 Å². The van der Waals surface area contributed by atoms with Crippen molar-refractivity contribution in [3.63, 3.8) is 0 Å². The summed E-state index contributed by atoms with van der Waals surface area (Å²) in [7, 11) is 0. The molecule has 0 amide bonds. The van der Waals surface area contributed by atoms with Crippen molar-refractivity contribution < 1.29 is 14.6 Å². The Kier molecular flexibility index (Phi) is 2.57. The van der Waals surface area contributed by atoms with Crippen LogP contribution >= 0.6 is 0 Å². The van der Waals surface area contributed by atoms with Crippen molar-refractivity contribution >= 4 is 16.7 Å². The van der Waals surface area contributed by atoms with Crippen LogP contribution < -0.4 is 0 Å². The summed E-state index contributed by atoms with van der Waals surface area (Å²) in [5.74, 6) is 0.0700. The number of carbonyl (C=O) groups is 1. The van der Waals surface area contributed by atoms with Gasteiger partial charge in [0, 0.05) is 16.4 Å². The maximum atomic E-state index is 12.2. The van der Waals surface area contributed by atoms with Crippen LogP contribution in [0.3, 0.4) is 0 Å². The van der Waals surface area contributed by atoms with Gasteiger partial charge in [-0.3, -0.25) is 0 Å². The summed E-state index contributed by atoms with van der Waals surface area (Å²) in [6.45, 7) is 6.65. The van der Waals surface area contributed by atoms with Crippen LogP contribution in [0.4, 0.5) is 0 Å². The minimum Gasteiger partial charge on any atom is -0.507 e. The number of rotatable bonds is 0. The number of hydrogen-bond acceptors (Lipinski definition) is 3. The van der Waals surface area contributed by atoms with Crippen LogP contribution in [-0.2, 0) is 16.8 Å². The van der Waals surface area contributed by atoms with Crippen molar-refractivity contribution in [1.29, 1.82) is 0 Å². The summed E-state index contributed by atoms with van der Waals surface area (Å²) in [5, 5.41) is 12.4. The van der Waals surface area contributed by atoms with Gasteiger partial charge in [0.15, 0.2) is 0 Å². The Morgan fingerprint density at radius 1 is 1.00 bits per heavy atom. The molecule has 0 spiro atoms. The van der Waals surface area contributed by atoms with E-state index in [4.69, 9.17) is 4.74 Å². The minimum absolute atomic E-state index is 0.232. The lowest BCUT2D eigenvalue weighted by molar-refractivity contribution is 0.0535. The zero-order chi connectivity index (χ0) is 17.5. The molecule has 1 aliphatic carbocycles. The largest absolute Gasteiger partial charge is 0.507 e. The highest BCUT2D eigenvalue weighted by atomic mass is 16.5. The molecule has 3 aromatic carbocycles. The molecule has 1 aliphatic heterocycles. The second-order valence-corrected chi connectivity index (χ2v) is 7.53. The van der Waals surface area contributed by atoms with Gasteiger partial charge in [0.2, 0.25) is 0 Å².